The summed E-state index contributed by atoms with van der Waals surface area (Å²) in [5.41, 5.74) is 0.0832. The van der Waals surface area contributed by atoms with Gasteiger partial charge in [-0.2, -0.15) is 4.39 Å². The second kappa shape index (κ2) is 9.02. The van der Waals surface area contributed by atoms with Crippen molar-refractivity contribution in [2.75, 3.05) is 0 Å². The molecule has 174 valence electrons. The highest BCUT2D eigenvalue weighted by Gasteiger charge is 2.56. The number of carbonyl (C=O) groups is 1. The number of hydrogen-bond donors (Lipinski definition) is 1. The normalized spacial score (nSPS) is 24.6. The molecule has 3 heterocycles. The van der Waals surface area contributed by atoms with Crippen LogP contribution in [-0.4, -0.2) is 32.1 Å². The Hall–Kier alpha value is -2.52. The molecule has 1 amide bonds. The van der Waals surface area contributed by atoms with Gasteiger partial charge in [0.05, 0.1) is 16.8 Å². The van der Waals surface area contributed by atoms with E-state index in [9.17, 15) is 13.6 Å². The van der Waals surface area contributed by atoms with Crippen molar-refractivity contribution < 1.29 is 18.3 Å². The van der Waals surface area contributed by atoms with Crippen LogP contribution in [0.2, 0.25) is 5.02 Å². The van der Waals surface area contributed by atoms with Crippen LogP contribution >= 0.6 is 23.4 Å². The molecule has 1 N–H and O–H groups in total. The third kappa shape index (κ3) is 5.52. The summed E-state index contributed by atoms with van der Waals surface area (Å²) in [7, 11) is 0. The zero-order valence-electron chi connectivity index (χ0n) is 18.5. The van der Waals surface area contributed by atoms with Gasteiger partial charge in [0.15, 0.2) is 5.17 Å². The van der Waals surface area contributed by atoms with Gasteiger partial charge in [-0.25, -0.2) is 14.2 Å². The fraction of sp³-hybridized carbons (Fsp3) is 0.391. The Kier molecular flexibility index (Phi) is 6.46. The van der Waals surface area contributed by atoms with Crippen LogP contribution in [0.4, 0.5) is 13.6 Å². The molecule has 0 aromatic carbocycles. The van der Waals surface area contributed by atoms with E-state index in [1.165, 1.54) is 48.4 Å². The molecule has 2 aliphatic rings. The zero-order chi connectivity index (χ0) is 23.9. The Morgan fingerprint density at radius 3 is 2.70 bits per heavy atom. The Morgan fingerprint density at radius 1 is 1.27 bits per heavy atom. The van der Waals surface area contributed by atoms with Gasteiger partial charge in [0, 0.05) is 29.1 Å². The van der Waals surface area contributed by atoms with E-state index >= 15 is 0 Å². The van der Waals surface area contributed by atoms with Gasteiger partial charge in [0.1, 0.15) is 11.4 Å². The summed E-state index contributed by atoms with van der Waals surface area (Å²) in [6.07, 6.45) is 3.22. The number of alkyl carbamates (subject to hydrolysis) is 1. The second-order valence-corrected chi connectivity index (χ2v) is 10.6. The van der Waals surface area contributed by atoms with Crippen LogP contribution in [0.15, 0.2) is 35.6 Å². The van der Waals surface area contributed by atoms with E-state index in [4.69, 9.17) is 16.3 Å². The molecule has 0 spiro atoms. The van der Waals surface area contributed by atoms with Gasteiger partial charge >= 0.3 is 6.09 Å². The van der Waals surface area contributed by atoms with Gasteiger partial charge in [-0.1, -0.05) is 30.3 Å². The van der Waals surface area contributed by atoms with Gasteiger partial charge in [-0.05, 0) is 56.5 Å². The second-order valence-electron chi connectivity index (χ2n) is 9.03. The summed E-state index contributed by atoms with van der Waals surface area (Å²) >= 11 is 7.25. The predicted molar refractivity (Wildman–Crippen MR) is 126 cm³/mol. The van der Waals surface area contributed by atoms with Crippen molar-refractivity contribution in [3.63, 3.8) is 0 Å². The molecular formula is C23H23ClF2N4O2S. The standard InChI is InChI=1S/C23H23ClF2N4O2S/c1-11-17-18(29-21(33-19(11)17)30-22(31)32-23(2,3)4)14-7-12(9-28-20(14)26)8-15(25)16-6-5-13(24)10-27-16/h5-11,17-19H,1-4H3,(H,29,30,31)/b15-8+. The van der Waals surface area contributed by atoms with Gasteiger partial charge in [-0.3, -0.25) is 15.3 Å². The van der Waals surface area contributed by atoms with Crippen molar-refractivity contribution in [1.82, 2.24) is 15.3 Å². The zero-order valence-corrected chi connectivity index (χ0v) is 20.0. The van der Waals surface area contributed by atoms with E-state index in [1.54, 1.807) is 20.8 Å². The van der Waals surface area contributed by atoms with Crippen molar-refractivity contribution in [2.24, 2.45) is 16.8 Å². The minimum absolute atomic E-state index is 0.0949. The minimum atomic E-state index is -0.674. The van der Waals surface area contributed by atoms with Crippen LogP contribution in [0.5, 0.6) is 0 Å². The number of ether oxygens (including phenoxy) is 1. The summed E-state index contributed by atoms with van der Waals surface area (Å²) < 4.78 is 34.7. The number of halogens is 3. The van der Waals surface area contributed by atoms with Crippen LogP contribution in [0.3, 0.4) is 0 Å². The molecule has 1 saturated carbocycles. The Morgan fingerprint density at radius 2 is 2.03 bits per heavy atom. The molecule has 4 rings (SSSR count). The van der Waals surface area contributed by atoms with Crippen molar-refractivity contribution >= 4 is 46.5 Å². The van der Waals surface area contributed by atoms with Gasteiger partial charge < -0.3 is 4.74 Å². The molecule has 4 unspecified atom stereocenters. The minimum Gasteiger partial charge on any atom is -0.444 e. The Balaban J connectivity index is 1.61. The van der Waals surface area contributed by atoms with Crippen LogP contribution < -0.4 is 5.32 Å². The third-order valence-electron chi connectivity index (χ3n) is 5.31. The maximum atomic E-state index is 14.7. The molecule has 0 saturated heterocycles. The molecule has 1 fully saturated rings. The SMILES string of the molecule is CC1C2SC(NC(=O)OC(C)(C)C)=NC(c3cc(/C=C(/F)c4ccc(Cl)cn4)cnc3F)C12. The van der Waals surface area contributed by atoms with Crippen molar-refractivity contribution in [2.45, 2.75) is 44.6 Å². The third-order valence-corrected chi connectivity index (χ3v) is 6.98. The average Bonchev–Trinajstić information content (AvgIpc) is 3.37. The quantitative estimate of drug-likeness (QED) is 0.528. The van der Waals surface area contributed by atoms with Crippen LogP contribution in [0.1, 0.15) is 50.6 Å². The Bertz CT molecular complexity index is 1130. The number of aliphatic imine (C=N–C) groups is 1. The number of thioether (sulfide) groups is 1. The summed E-state index contributed by atoms with van der Waals surface area (Å²) in [5.74, 6) is -0.904. The number of nitrogens with zero attached hydrogens (tertiary/aromatic N) is 3. The van der Waals surface area contributed by atoms with E-state index in [0.717, 1.165) is 0 Å². The first kappa shape index (κ1) is 23.6. The maximum absolute atomic E-state index is 14.7. The Labute approximate surface area is 199 Å². The maximum Gasteiger partial charge on any atom is 0.413 e. The fourth-order valence-corrected chi connectivity index (χ4v) is 5.26. The van der Waals surface area contributed by atoms with Gasteiger partial charge in [0.25, 0.3) is 0 Å². The number of aromatic nitrogens is 2. The summed E-state index contributed by atoms with van der Waals surface area (Å²) in [5, 5.41) is 3.62. The largest absolute Gasteiger partial charge is 0.444 e. The monoisotopic (exact) mass is 492 g/mol. The predicted octanol–water partition coefficient (Wildman–Crippen LogP) is 6.04. The number of pyridine rings is 2. The summed E-state index contributed by atoms with van der Waals surface area (Å²) in [4.78, 5) is 24.6. The van der Waals surface area contributed by atoms with Crippen LogP contribution in [0, 0.1) is 17.8 Å². The average molecular weight is 493 g/mol. The number of amidine groups is 1. The first-order valence-corrected chi connectivity index (χ1v) is 11.7. The molecular weight excluding hydrogens is 470 g/mol. The molecule has 4 atom stereocenters. The summed E-state index contributed by atoms with van der Waals surface area (Å²) in [6.45, 7) is 7.36. The van der Waals surface area contributed by atoms with Crippen molar-refractivity contribution in [1.29, 1.82) is 0 Å². The number of rotatable bonds is 3. The van der Waals surface area contributed by atoms with E-state index < -0.39 is 29.5 Å². The number of amides is 1. The molecule has 2 aromatic heterocycles. The summed E-state index contributed by atoms with van der Waals surface area (Å²) in [6, 6.07) is 3.98. The smallest absolute Gasteiger partial charge is 0.413 e. The van der Waals surface area contributed by atoms with Crippen LogP contribution in [-0.2, 0) is 4.74 Å². The van der Waals surface area contributed by atoms with E-state index in [2.05, 4.69) is 27.2 Å². The van der Waals surface area contributed by atoms with Gasteiger partial charge in [0.2, 0.25) is 5.95 Å². The molecule has 2 aromatic rings. The van der Waals surface area contributed by atoms with Crippen LogP contribution in [0.25, 0.3) is 11.9 Å². The fourth-order valence-electron chi connectivity index (χ4n) is 3.72. The lowest BCUT2D eigenvalue weighted by atomic mass is 10.0. The first-order chi connectivity index (χ1) is 15.5. The number of hydrogen-bond acceptors (Lipinski definition) is 6. The first-order valence-electron chi connectivity index (χ1n) is 10.4. The number of nitrogens with one attached hydrogen (secondary N) is 1. The topological polar surface area (TPSA) is 76.5 Å². The highest BCUT2D eigenvalue weighted by Crippen LogP contribution is 2.59. The lowest BCUT2D eigenvalue weighted by Crippen LogP contribution is -2.36. The van der Waals surface area contributed by atoms with E-state index in [1.807, 2.05) is 0 Å². The number of fused-ring (bicyclic) bond motifs is 1. The molecule has 10 heteroatoms. The molecule has 0 bridgehead atoms. The van der Waals surface area contributed by atoms with Crippen molar-refractivity contribution in [3.05, 3.63) is 58.4 Å². The highest BCUT2D eigenvalue weighted by molar-refractivity contribution is 8.14. The molecule has 33 heavy (non-hydrogen) atoms. The highest BCUT2D eigenvalue weighted by atomic mass is 35.5. The van der Waals surface area contributed by atoms with E-state index in [0.29, 0.717) is 15.8 Å². The lowest BCUT2D eigenvalue weighted by molar-refractivity contribution is 0.0564. The molecule has 6 nitrogen and oxygen atoms in total. The molecule has 1 aliphatic heterocycles. The van der Waals surface area contributed by atoms with Crippen molar-refractivity contribution in [3.8, 4) is 0 Å². The van der Waals surface area contributed by atoms with Gasteiger partial charge in [-0.15, -0.1) is 0 Å². The number of carbonyl (C=O) groups excluding carboxylic acids is 1. The molecule has 1 aliphatic carbocycles. The van der Waals surface area contributed by atoms with E-state index in [-0.39, 0.29) is 28.3 Å². The lowest BCUT2D eigenvalue weighted by Gasteiger charge is -2.23. The molecule has 0 radical (unpaired) electrons.